The molecule has 0 bridgehead atoms. The number of methoxy groups -OCH3 is 1. The van der Waals surface area contributed by atoms with E-state index >= 15 is 0 Å². The third kappa shape index (κ3) is 1.47. The number of aromatic hydroxyl groups is 1. The van der Waals surface area contributed by atoms with Crippen molar-refractivity contribution in [1.29, 1.82) is 0 Å². The van der Waals surface area contributed by atoms with Crippen molar-refractivity contribution in [3.05, 3.63) is 22.8 Å². The van der Waals surface area contributed by atoms with Crippen molar-refractivity contribution in [1.82, 2.24) is 0 Å². The Morgan fingerprint density at radius 1 is 1.50 bits per heavy atom. The molecule has 0 aliphatic carbocycles. The Bertz CT molecular complexity index is 576. The summed E-state index contributed by atoms with van der Waals surface area (Å²) in [5.74, 6) is -2.21. The first-order valence-electron chi connectivity index (χ1n) is 4.27. The SMILES string of the molecule is COc1cc2c(O)c(C(=O)O)sc2cc1F. The van der Waals surface area contributed by atoms with Gasteiger partial charge in [0.15, 0.2) is 16.4 Å². The lowest BCUT2D eigenvalue weighted by molar-refractivity contribution is 0.0699. The van der Waals surface area contributed by atoms with Crippen LogP contribution in [0.3, 0.4) is 0 Å². The van der Waals surface area contributed by atoms with Gasteiger partial charge in [-0.15, -0.1) is 11.3 Å². The molecule has 0 atom stereocenters. The van der Waals surface area contributed by atoms with E-state index in [-0.39, 0.29) is 21.8 Å². The van der Waals surface area contributed by atoms with E-state index in [1.54, 1.807) is 0 Å². The highest BCUT2D eigenvalue weighted by Gasteiger charge is 2.19. The minimum absolute atomic E-state index is 0.0301. The number of carbonyl (C=O) groups is 1. The van der Waals surface area contributed by atoms with E-state index in [1.165, 1.54) is 13.2 Å². The van der Waals surface area contributed by atoms with Crippen LogP contribution in [0.4, 0.5) is 4.39 Å². The van der Waals surface area contributed by atoms with Crippen LogP contribution in [0.2, 0.25) is 0 Å². The molecule has 2 aromatic rings. The van der Waals surface area contributed by atoms with Gasteiger partial charge in [0.1, 0.15) is 5.75 Å². The van der Waals surface area contributed by atoms with Gasteiger partial charge in [-0.3, -0.25) is 0 Å². The summed E-state index contributed by atoms with van der Waals surface area (Å²) in [5, 5.41) is 18.7. The Morgan fingerprint density at radius 3 is 2.75 bits per heavy atom. The normalized spacial score (nSPS) is 10.6. The molecule has 0 saturated carbocycles. The molecule has 0 radical (unpaired) electrons. The van der Waals surface area contributed by atoms with Crippen LogP contribution in [-0.4, -0.2) is 23.3 Å². The number of rotatable bonds is 2. The lowest BCUT2D eigenvalue weighted by atomic mass is 10.2. The quantitative estimate of drug-likeness (QED) is 0.848. The highest BCUT2D eigenvalue weighted by Crippen LogP contribution is 2.39. The average molecular weight is 242 g/mol. The Kier molecular flexibility index (Phi) is 2.43. The van der Waals surface area contributed by atoms with Gasteiger partial charge in [-0.2, -0.15) is 0 Å². The monoisotopic (exact) mass is 242 g/mol. The molecule has 0 fully saturated rings. The van der Waals surface area contributed by atoms with Crippen LogP contribution in [0.1, 0.15) is 9.67 Å². The molecule has 6 heteroatoms. The number of halogens is 1. The number of fused-ring (bicyclic) bond motifs is 1. The highest BCUT2D eigenvalue weighted by atomic mass is 32.1. The van der Waals surface area contributed by atoms with Crippen molar-refractivity contribution in [3.63, 3.8) is 0 Å². The average Bonchev–Trinajstić information content (AvgIpc) is 2.54. The van der Waals surface area contributed by atoms with Crippen LogP contribution >= 0.6 is 11.3 Å². The first kappa shape index (κ1) is 10.7. The maximum Gasteiger partial charge on any atom is 0.349 e. The smallest absolute Gasteiger partial charge is 0.349 e. The van der Waals surface area contributed by atoms with Crippen molar-refractivity contribution in [2.75, 3.05) is 7.11 Å². The Balaban J connectivity index is 2.77. The van der Waals surface area contributed by atoms with Gasteiger partial charge in [-0.25, -0.2) is 9.18 Å². The highest BCUT2D eigenvalue weighted by molar-refractivity contribution is 7.21. The Labute approximate surface area is 93.5 Å². The summed E-state index contributed by atoms with van der Waals surface area (Å²) in [6.45, 7) is 0. The zero-order valence-electron chi connectivity index (χ0n) is 8.15. The summed E-state index contributed by atoms with van der Waals surface area (Å²) in [6, 6.07) is 2.42. The summed E-state index contributed by atoms with van der Waals surface area (Å²) in [5.41, 5.74) is 0. The molecule has 0 aliphatic rings. The largest absolute Gasteiger partial charge is 0.505 e. The van der Waals surface area contributed by atoms with Crippen molar-refractivity contribution in [2.24, 2.45) is 0 Å². The van der Waals surface area contributed by atoms with Crippen LogP contribution < -0.4 is 4.74 Å². The molecule has 0 aliphatic heterocycles. The molecule has 1 aromatic heterocycles. The van der Waals surface area contributed by atoms with E-state index in [0.29, 0.717) is 4.70 Å². The second-order valence-corrected chi connectivity index (χ2v) is 4.12. The Hall–Kier alpha value is -1.82. The fourth-order valence-electron chi connectivity index (χ4n) is 1.39. The van der Waals surface area contributed by atoms with Crippen molar-refractivity contribution in [2.45, 2.75) is 0 Å². The molecule has 1 aromatic carbocycles. The van der Waals surface area contributed by atoms with Crippen LogP contribution in [0.5, 0.6) is 11.5 Å². The van der Waals surface area contributed by atoms with Gasteiger partial charge < -0.3 is 14.9 Å². The van der Waals surface area contributed by atoms with Gasteiger partial charge in [-0.05, 0) is 12.1 Å². The van der Waals surface area contributed by atoms with Gasteiger partial charge in [0, 0.05) is 10.1 Å². The molecule has 2 rings (SSSR count). The van der Waals surface area contributed by atoms with Gasteiger partial charge in [0.2, 0.25) is 0 Å². The van der Waals surface area contributed by atoms with Gasteiger partial charge in [-0.1, -0.05) is 0 Å². The summed E-state index contributed by atoms with van der Waals surface area (Å²) in [4.78, 5) is 10.6. The van der Waals surface area contributed by atoms with Gasteiger partial charge in [0.25, 0.3) is 0 Å². The van der Waals surface area contributed by atoms with Crippen molar-refractivity contribution in [3.8, 4) is 11.5 Å². The molecule has 2 N–H and O–H groups in total. The third-order valence-corrected chi connectivity index (χ3v) is 3.26. The maximum absolute atomic E-state index is 13.3. The topological polar surface area (TPSA) is 66.8 Å². The number of benzene rings is 1. The van der Waals surface area contributed by atoms with Crippen molar-refractivity contribution >= 4 is 27.4 Å². The standard InChI is InChI=1S/C10H7FO4S/c1-15-6-2-4-7(3-5(6)11)16-9(8(4)12)10(13)14/h2-3,12H,1H3,(H,13,14). The van der Waals surface area contributed by atoms with E-state index in [9.17, 15) is 14.3 Å². The number of carboxylic acid groups (broad SMARTS) is 1. The lowest BCUT2D eigenvalue weighted by Gasteiger charge is -2.01. The zero-order valence-corrected chi connectivity index (χ0v) is 8.97. The van der Waals surface area contributed by atoms with E-state index < -0.39 is 11.8 Å². The van der Waals surface area contributed by atoms with Crippen LogP contribution in [-0.2, 0) is 0 Å². The molecular formula is C10H7FO4S. The molecule has 0 saturated heterocycles. The summed E-state index contributed by atoms with van der Waals surface area (Å²) >= 11 is 0.820. The second kappa shape index (κ2) is 3.64. The molecule has 4 nitrogen and oxygen atoms in total. The van der Waals surface area contributed by atoms with Crippen LogP contribution in [0, 0.1) is 5.82 Å². The first-order chi connectivity index (χ1) is 7.54. The Morgan fingerprint density at radius 2 is 2.19 bits per heavy atom. The predicted molar refractivity (Wildman–Crippen MR) is 57.0 cm³/mol. The predicted octanol–water partition coefficient (Wildman–Crippen LogP) is 2.45. The van der Waals surface area contributed by atoms with Crippen LogP contribution in [0.15, 0.2) is 12.1 Å². The fraction of sp³-hybridized carbons (Fsp3) is 0.100. The van der Waals surface area contributed by atoms with Crippen LogP contribution in [0.25, 0.3) is 10.1 Å². The van der Waals surface area contributed by atoms with E-state index in [1.807, 2.05) is 0 Å². The molecule has 1 heterocycles. The number of ether oxygens (including phenoxy) is 1. The first-order valence-corrected chi connectivity index (χ1v) is 5.08. The number of hydrogen-bond acceptors (Lipinski definition) is 4. The second-order valence-electron chi connectivity index (χ2n) is 3.07. The minimum Gasteiger partial charge on any atom is -0.505 e. The summed E-state index contributed by atoms with van der Waals surface area (Å²) in [7, 11) is 1.30. The molecule has 0 amide bonds. The minimum atomic E-state index is -1.24. The van der Waals surface area contributed by atoms with Gasteiger partial charge >= 0.3 is 5.97 Å². The third-order valence-electron chi connectivity index (χ3n) is 2.13. The number of thiophene rings is 1. The number of aromatic carboxylic acids is 1. The van der Waals surface area contributed by atoms with E-state index in [0.717, 1.165) is 17.4 Å². The van der Waals surface area contributed by atoms with E-state index in [2.05, 4.69) is 0 Å². The van der Waals surface area contributed by atoms with Gasteiger partial charge in [0.05, 0.1) is 7.11 Å². The lowest BCUT2D eigenvalue weighted by Crippen LogP contribution is -1.91. The molecular weight excluding hydrogens is 235 g/mol. The fourth-order valence-corrected chi connectivity index (χ4v) is 2.33. The molecule has 16 heavy (non-hydrogen) atoms. The zero-order chi connectivity index (χ0) is 11.9. The van der Waals surface area contributed by atoms with Crippen molar-refractivity contribution < 1.29 is 24.1 Å². The maximum atomic E-state index is 13.3. The summed E-state index contributed by atoms with van der Waals surface area (Å²) < 4.78 is 18.4. The number of hydrogen-bond donors (Lipinski definition) is 2. The molecule has 0 unspecified atom stereocenters. The summed E-state index contributed by atoms with van der Waals surface area (Å²) in [6.07, 6.45) is 0. The van der Waals surface area contributed by atoms with E-state index in [4.69, 9.17) is 9.84 Å². The number of carboxylic acids is 1. The molecule has 84 valence electrons. The molecule has 0 spiro atoms.